The molecule has 34 heavy (non-hydrogen) atoms. The summed E-state index contributed by atoms with van der Waals surface area (Å²) in [5.74, 6) is -0.444. The maximum Gasteiger partial charge on any atom is 0.737 e. The Bertz CT molecular complexity index is 1320. The Labute approximate surface area is 203 Å². The van der Waals surface area contributed by atoms with E-state index in [4.69, 9.17) is 0 Å². The molecule has 3 nitrogen and oxygen atoms in total. The summed E-state index contributed by atoms with van der Waals surface area (Å²) >= 11 is 3.21. The van der Waals surface area contributed by atoms with Crippen LogP contribution in [0.3, 0.4) is 0 Å². The zero-order valence-electron chi connectivity index (χ0n) is 19.8. The third-order valence-corrected chi connectivity index (χ3v) is 7.43. The number of ether oxygens (including phenoxy) is 1. The minimum Gasteiger partial charge on any atom is -0.405 e. The third kappa shape index (κ3) is 3.48. The van der Waals surface area contributed by atoms with Crippen LogP contribution in [0.4, 0.5) is 21.8 Å². The van der Waals surface area contributed by atoms with Gasteiger partial charge in [0.2, 0.25) is 0 Å². The van der Waals surface area contributed by atoms with Gasteiger partial charge < -0.3 is 22.3 Å². The number of hydrogen-bond acceptors (Lipinski definition) is 1. The maximum atomic E-state index is 16.3. The van der Waals surface area contributed by atoms with Gasteiger partial charge in [0.15, 0.2) is 5.70 Å². The van der Waals surface area contributed by atoms with Crippen molar-refractivity contribution in [3.05, 3.63) is 67.6 Å². The second-order valence-corrected chi connectivity index (χ2v) is 9.59. The molecule has 0 N–H and O–H groups in total. The van der Waals surface area contributed by atoms with Crippen molar-refractivity contribution in [1.29, 1.82) is 0 Å². The van der Waals surface area contributed by atoms with Crippen LogP contribution in [-0.4, -0.2) is 28.0 Å². The Hall–Kier alpha value is -2.36. The zero-order chi connectivity index (χ0) is 25.3. The fourth-order valence-corrected chi connectivity index (χ4v) is 5.99. The van der Waals surface area contributed by atoms with E-state index in [1.807, 2.05) is 13.8 Å². The van der Waals surface area contributed by atoms with E-state index in [-0.39, 0.29) is 17.0 Å². The number of allylic oxidation sites excluding steroid dienone is 2. The van der Waals surface area contributed by atoms with Crippen LogP contribution in [-0.2, 0) is 6.42 Å². The van der Waals surface area contributed by atoms with Gasteiger partial charge >= 0.3 is 13.3 Å². The number of rotatable bonds is 4. The largest absolute Gasteiger partial charge is 0.737 e. The van der Waals surface area contributed by atoms with Gasteiger partial charge in [-0.25, -0.2) is 0 Å². The van der Waals surface area contributed by atoms with Crippen molar-refractivity contribution in [2.45, 2.75) is 60.7 Å². The minimum atomic E-state index is -4.94. The molecule has 0 bridgehead atoms. The molecule has 1 aromatic carbocycles. The molecule has 0 radical (unpaired) electrons. The smallest absolute Gasteiger partial charge is 0.405 e. The lowest BCUT2D eigenvalue weighted by molar-refractivity contribution is -0.363. The van der Waals surface area contributed by atoms with Crippen molar-refractivity contribution in [1.82, 2.24) is 4.48 Å². The normalized spacial score (nSPS) is 17.5. The van der Waals surface area contributed by atoms with Crippen LogP contribution in [0, 0.1) is 13.8 Å². The van der Waals surface area contributed by atoms with Gasteiger partial charge in [0.1, 0.15) is 11.5 Å². The third-order valence-electron chi connectivity index (χ3n) is 6.93. The molecule has 182 valence electrons. The number of alkyl halides is 3. The predicted molar refractivity (Wildman–Crippen MR) is 127 cm³/mol. The van der Waals surface area contributed by atoms with Crippen molar-refractivity contribution in [2.75, 3.05) is 0 Å². The van der Waals surface area contributed by atoms with Crippen LogP contribution in [0.15, 0.2) is 39.5 Å². The van der Waals surface area contributed by atoms with Crippen LogP contribution in [0.1, 0.15) is 62.2 Å². The van der Waals surface area contributed by atoms with Crippen molar-refractivity contribution < 1.29 is 31.0 Å². The van der Waals surface area contributed by atoms with Crippen molar-refractivity contribution in [3.8, 4) is 5.75 Å². The molecule has 1 aromatic heterocycles. The molecule has 0 aliphatic carbocycles. The van der Waals surface area contributed by atoms with E-state index in [0.29, 0.717) is 45.4 Å². The molecule has 4 rings (SSSR count). The summed E-state index contributed by atoms with van der Waals surface area (Å²) in [5, 5.41) is 0. The average Bonchev–Trinajstić information content (AvgIpc) is 3.13. The van der Waals surface area contributed by atoms with Crippen LogP contribution in [0.5, 0.6) is 5.75 Å². The van der Waals surface area contributed by atoms with Crippen LogP contribution < -0.4 is 4.74 Å². The van der Waals surface area contributed by atoms with Crippen LogP contribution in [0.2, 0.25) is 0 Å². The van der Waals surface area contributed by atoms with Gasteiger partial charge in [-0.05, 0) is 68.6 Å². The monoisotopic (exact) mass is 542 g/mol. The molecule has 0 spiro atoms. The summed E-state index contributed by atoms with van der Waals surface area (Å²) in [6.07, 6.45) is -3.89. The Morgan fingerprint density at radius 2 is 1.71 bits per heavy atom. The van der Waals surface area contributed by atoms with E-state index >= 15 is 8.63 Å². The van der Waals surface area contributed by atoms with Gasteiger partial charge in [-0.1, -0.05) is 29.8 Å². The quantitative estimate of drug-likeness (QED) is 0.288. The Kier molecular flexibility index (Phi) is 5.90. The highest BCUT2D eigenvalue weighted by Crippen LogP contribution is 2.49. The number of benzene rings is 1. The minimum absolute atomic E-state index is 0.112. The van der Waals surface area contributed by atoms with Crippen LogP contribution >= 0.6 is 15.9 Å². The van der Waals surface area contributed by atoms with E-state index < -0.39 is 19.1 Å². The first kappa shape index (κ1) is 24.8. The van der Waals surface area contributed by atoms with E-state index in [1.54, 1.807) is 33.8 Å². The van der Waals surface area contributed by atoms with Crippen molar-refractivity contribution in [2.24, 2.45) is 0 Å². The van der Waals surface area contributed by atoms with Gasteiger partial charge in [0.25, 0.3) is 0 Å². The molecule has 0 fully saturated rings. The van der Waals surface area contributed by atoms with Gasteiger partial charge in [-0.2, -0.15) is 0 Å². The average molecular weight is 543 g/mol. The topological polar surface area (TPSA) is 17.2 Å². The number of halogens is 6. The molecule has 2 aliphatic rings. The van der Waals surface area contributed by atoms with Gasteiger partial charge in [-0.3, -0.25) is 0 Å². The lowest BCUT2D eigenvalue weighted by Crippen LogP contribution is -2.51. The first-order valence-corrected chi connectivity index (χ1v) is 11.9. The molecule has 10 heteroatoms. The van der Waals surface area contributed by atoms with Crippen LogP contribution in [0.25, 0.3) is 5.57 Å². The fourth-order valence-electron chi connectivity index (χ4n) is 5.65. The number of nitrogens with zero attached hydrogens (tertiary/aromatic N) is 2. The molecule has 0 saturated heterocycles. The highest BCUT2D eigenvalue weighted by atomic mass is 79.9. The molecule has 0 unspecified atom stereocenters. The second-order valence-electron chi connectivity index (χ2n) is 8.67. The predicted octanol–water partition coefficient (Wildman–Crippen LogP) is 7.54. The van der Waals surface area contributed by atoms with Crippen molar-refractivity contribution >= 4 is 34.2 Å². The fraction of sp³-hybridized carbons (Fsp3) is 0.375. The van der Waals surface area contributed by atoms with E-state index in [0.717, 1.165) is 20.1 Å². The molecular formula is C24H25BBrF5N2O. The maximum absolute atomic E-state index is 16.3. The van der Waals surface area contributed by atoms with Gasteiger partial charge in [-0.15, -0.1) is 13.2 Å². The first-order chi connectivity index (χ1) is 15.8. The molecule has 3 heterocycles. The van der Waals surface area contributed by atoms with E-state index in [1.165, 1.54) is 12.1 Å². The molecular weight excluding hydrogens is 518 g/mol. The summed E-state index contributed by atoms with van der Waals surface area (Å²) in [4.78, 5) is 0. The molecule has 0 amide bonds. The highest BCUT2D eigenvalue weighted by Gasteiger charge is 2.57. The zero-order valence-corrected chi connectivity index (χ0v) is 21.4. The summed E-state index contributed by atoms with van der Waals surface area (Å²) in [7, 11) is 0. The van der Waals surface area contributed by atoms with E-state index in [2.05, 4.69) is 20.7 Å². The number of hydrogen-bond donors (Lipinski definition) is 0. The number of fused-ring (bicyclic) bond motifs is 2. The molecule has 2 aliphatic heterocycles. The standard InChI is InChI=1S/C24H25BBrF5N2O/c1-7-17-12(3)22-21(19-10-9-16(26)11-20(19)34-24(27,28)29)23-13(4)18(8-2)15(6)33(23)25(30,31)32(22)14(17)5/h9-11H,7-8H2,1-6H3. The lowest BCUT2D eigenvalue weighted by Gasteiger charge is -2.34. The molecule has 0 atom stereocenters. The highest BCUT2D eigenvalue weighted by molar-refractivity contribution is 9.10. The van der Waals surface area contributed by atoms with Gasteiger partial charge in [0, 0.05) is 33.8 Å². The Balaban J connectivity index is 2.22. The second kappa shape index (κ2) is 8.10. The SMILES string of the molecule is CCC1=C(C)C2=C(c3ccc(Br)cc3OC(F)(F)F)c3c(C)c(CC)c(C)n3[B-](F)(F)[N+]2=C1C. The Morgan fingerprint density at radius 1 is 1.06 bits per heavy atom. The summed E-state index contributed by atoms with van der Waals surface area (Å²) in [5.41, 5.74) is 4.56. The lowest BCUT2D eigenvalue weighted by atomic mass is 9.83. The Morgan fingerprint density at radius 3 is 2.26 bits per heavy atom. The molecule has 0 saturated carbocycles. The number of aromatic nitrogens is 1. The van der Waals surface area contributed by atoms with Gasteiger partial charge in [0.05, 0.1) is 5.57 Å². The van der Waals surface area contributed by atoms with Crippen molar-refractivity contribution in [3.63, 3.8) is 0 Å². The summed E-state index contributed by atoms with van der Waals surface area (Å²) in [6, 6.07) is 4.31. The first-order valence-electron chi connectivity index (χ1n) is 11.1. The summed E-state index contributed by atoms with van der Waals surface area (Å²) < 4.78 is 79.4. The van der Waals surface area contributed by atoms with E-state index in [9.17, 15) is 13.2 Å². The molecule has 2 aromatic rings. The summed E-state index contributed by atoms with van der Waals surface area (Å²) in [6.45, 7) is 6.32.